The first-order valence-electron chi connectivity index (χ1n) is 5.84. The van der Waals surface area contributed by atoms with Gasteiger partial charge in [-0.05, 0) is 18.8 Å². The molecule has 0 aromatic carbocycles. The van der Waals surface area contributed by atoms with E-state index in [0.717, 1.165) is 32.4 Å². The van der Waals surface area contributed by atoms with Crippen molar-refractivity contribution in [3.05, 3.63) is 0 Å². The number of likely N-dealkylation sites (tertiary alicyclic amines) is 1. The lowest BCUT2D eigenvalue weighted by Gasteiger charge is -2.23. The lowest BCUT2D eigenvalue weighted by Crippen LogP contribution is -2.49. The van der Waals surface area contributed by atoms with Crippen molar-refractivity contribution in [2.75, 3.05) is 13.1 Å². The Labute approximate surface area is 95.8 Å². The van der Waals surface area contributed by atoms with Gasteiger partial charge in [-0.15, -0.1) is 0 Å². The Bertz CT molecular complexity index is 262. The third-order valence-corrected chi connectivity index (χ3v) is 3.15. The zero-order chi connectivity index (χ0) is 12.1. The summed E-state index contributed by atoms with van der Waals surface area (Å²) in [5, 5.41) is 11.6. The highest BCUT2D eigenvalue weighted by molar-refractivity contribution is 5.82. The quantitative estimate of drug-likeness (QED) is 0.761. The van der Waals surface area contributed by atoms with Crippen LogP contribution in [0.1, 0.15) is 33.1 Å². The van der Waals surface area contributed by atoms with E-state index in [-0.39, 0.29) is 11.9 Å². The van der Waals surface area contributed by atoms with Crippen molar-refractivity contribution < 1.29 is 14.7 Å². The summed E-state index contributed by atoms with van der Waals surface area (Å²) < 4.78 is 0. The van der Waals surface area contributed by atoms with Crippen molar-refractivity contribution in [1.82, 2.24) is 10.2 Å². The molecule has 5 nitrogen and oxygen atoms in total. The molecule has 0 radical (unpaired) electrons. The van der Waals surface area contributed by atoms with Gasteiger partial charge in [-0.3, -0.25) is 0 Å². The zero-order valence-corrected chi connectivity index (χ0v) is 9.90. The molecule has 1 fully saturated rings. The standard InChI is InChI=1S/C11H20N2O3/c1-3-8(2)9(10(14)15)12-11(16)13-6-4-5-7-13/h8-9H,3-7H2,1-2H3,(H,12,16)(H,14,15)/t8-,9-/m0/s1. The molecule has 1 heterocycles. The van der Waals surface area contributed by atoms with Crippen molar-refractivity contribution in [3.63, 3.8) is 0 Å². The lowest BCUT2D eigenvalue weighted by molar-refractivity contribution is -0.140. The number of carbonyl (C=O) groups is 2. The van der Waals surface area contributed by atoms with E-state index in [0.29, 0.717) is 0 Å². The predicted octanol–water partition coefficient (Wildman–Crippen LogP) is 1.29. The van der Waals surface area contributed by atoms with Gasteiger partial charge in [0, 0.05) is 13.1 Å². The first kappa shape index (κ1) is 12.8. The molecule has 0 aromatic heterocycles. The van der Waals surface area contributed by atoms with Gasteiger partial charge in [0.05, 0.1) is 0 Å². The molecule has 1 aliphatic heterocycles. The Morgan fingerprint density at radius 1 is 1.38 bits per heavy atom. The fraction of sp³-hybridized carbons (Fsp3) is 0.818. The first-order chi connectivity index (χ1) is 7.56. The SMILES string of the molecule is CC[C@H](C)[C@H](NC(=O)N1CCCC1)C(=O)O. The van der Waals surface area contributed by atoms with Gasteiger partial charge in [0.15, 0.2) is 0 Å². The van der Waals surface area contributed by atoms with Crippen LogP contribution < -0.4 is 5.32 Å². The summed E-state index contributed by atoms with van der Waals surface area (Å²) in [5.41, 5.74) is 0. The van der Waals surface area contributed by atoms with E-state index in [4.69, 9.17) is 5.11 Å². The van der Waals surface area contributed by atoms with E-state index in [1.807, 2.05) is 13.8 Å². The Morgan fingerprint density at radius 3 is 2.38 bits per heavy atom. The van der Waals surface area contributed by atoms with Gasteiger partial charge in [0.2, 0.25) is 0 Å². The van der Waals surface area contributed by atoms with E-state index < -0.39 is 12.0 Å². The molecule has 2 atom stereocenters. The summed E-state index contributed by atoms with van der Waals surface area (Å²) in [6.07, 6.45) is 2.75. The number of carboxylic acid groups (broad SMARTS) is 1. The number of hydrogen-bond acceptors (Lipinski definition) is 2. The maximum Gasteiger partial charge on any atom is 0.326 e. The third-order valence-electron chi connectivity index (χ3n) is 3.15. The van der Waals surface area contributed by atoms with E-state index in [9.17, 15) is 9.59 Å². The fourth-order valence-electron chi connectivity index (χ4n) is 1.83. The summed E-state index contributed by atoms with van der Waals surface area (Å²) in [7, 11) is 0. The molecule has 1 saturated heterocycles. The van der Waals surface area contributed by atoms with Gasteiger partial charge in [-0.2, -0.15) is 0 Å². The molecule has 0 aliphatic carbocycles. The molecule has 0 spiro atoms. The number of rotatable bonds is 4. The van der Waals surface area contributed by atoms with Gasteiger partial charge >= 0.3 is 12.0 Å². The highest BCUT2D eigenvalue weighted by atomic mass is 16.4. The third kappa shape index (κ3) is 3.12. The smallest absolute Gasteiger partial charge is 0.326 e. The Morgan fingerprint density at radius 2 is 1.94 bits per heavy atom. The number of nitrogens with one attached hydrogen (secondary N) is 1. The summed E-state index contributed by atoms with van der Waals surface area (Å²) in [6.45, 7) is 5.23. The fourth-order valence-corrected chi connectivity index (χ4v) is 1.83. The van der Waals surface area contributed by atoms with E-state index in [2.05, 4.69) is 5.32 Å². The number of nitrogens with zero attached hydrogens (tertiary/aromatic N) is 1. The van der Waals surface area contributed by atoms with Crippen molar-refractivity contribution in [2.24, 2.45) is 5.92 Å². The molecule has 0 aromatic rings. The highest BCUT2D eigenvalue weighted by Gasteiger charge is 2.28. The van der Waals surface area contributed by atoms with Crippen LogP contribution in [-0.2, 0) is 4.79 Å². The molecule has 1 rings (SSSR count). The summed E-state index contributed by atoms with van der Waals surface area (Å²) >= 11 is 0. The van der Waals surface area contributed by atoms with Crippen LogP contribution in [0.15, 0.2) is 0 Å². The zero-order valence-electron chi connectivity index (χ0n) is 9.90. The molecule has 0 bridgehead atoms. The van der Waals surface area contributed by atoms with Crippen molar-refractivity contribution in [3.8, 4) is 0 Å². The number of urea groups is 1. The van der Waals surface area contributed by atoms with E-state index in [1.54, 1.807) is 4.90 Å². The number of amides is 2. The second kappa shape index (κ2) is 5.72. The summed E-state index contributed by atoms with van der Waals surface area (Å²) in [6, 6.07) is -1.02. The van der Waals surface area contributed by atoms with Crippen LogP contribution in [0.4, 0.5) is 4.79 Å². The van der Waals surface area contributed by atoms with Crippen LogP contribution in [0.25, 0.3) is 0 Å². The van der Waals surface area contributed by atoms with Crippen LogP contribution in [-0.4, -0.2) is 41.1 Å². The van der Waals surface area contributed by atoms with E-state index >= 15 is 0 Å². The van der Waals surface area contributed by atoms with Crippen LogP contribution in [0.2, 0.25) is 0 Å². The topological polar surface area (TPSA) is 69.6 Å². The van der Waals surface area contributed by atoms with Gasteiger partial charge in [0.1, 0.15) is 6.04 Å². The Kier molecular flexibility index (Phi) is 4.58. The maximum atomic E-state index is 11.7. The first-order valence-corrected chi connectivity index (χ1v) is 5.84. The van der Waals surface area contributed by atoms with Crippen molar-refractivity contribution in [1.29, 1.82) is 0 Å². The number of carbonyl (C=O) groups excluding carboxylic acids is 1. The number of carboxylic acids is 1. The molecular weight excluding hydrogens is 208 g/mol. The minimum atomic E-state index is -0.957. The second-order valence-corrected chi connectivity index (χ2v) is 4.35. The molecule has 92 valence electrons. The molecule has 2 N–H and O–H groups in total. The maximum absolute atomic E-state index is 11.7. The molecule has 0 saturated carbocycles. The van der Waals surface area contributed by atoms with E-state index in [1.165, 1.54) is 0 Å². The summed E-state index contributed by atoms with van der Waals surface area (Å²) in [4.78, 5) is 24.4. The molecule has 2 amide bonds. The van der Waals surface area contributed by atoms with Crippen LogP contribution >= 0.6 is 0 Å². The van der Waals surface area contributed by atoms with Gasteiger partial charge < -0.3 is 15.3 Å². The molecule has 1 aliphatic rings. The average molecular weight is 228 g/mol. The Hall–Kier alpha value is -1.26. The molecule has 0 unspecified atom stereocenters. The van der Waals surface area contributed by atoms with Gasteiger partial charge in [0.25, 0.3) is 0 Å². The van der Waals surface area contributed by atoms with Crippen molar-refractivity contribution in [2.45, 2.75) is 39.2 Å². The number of hydrogen-bond donors (Lipinski definition) is 2. The van der Waals surface area contributed by atoms with Gasteiger partial charge in [-0.25, -0.2) is 9.59 Å². The van der Waals surface area contributed by atoms with Crippen LogP contribution in [0.3, 0.4) is 0 Å². The predicted molar refractivity (Wildman–Crippen MR) is 60.2 cm³/mol. The molecule has 5 heteroatoms. The Balaban J connectivity index is 2.53. The monoisotopic (exact) mass is 228 g/mol. The van der Waals surface area contributed by atoms with Crippen LogP contribution in [0.5, 0.6) is 0 Å². The van der Waals surface area contributed by atoms with Crippen LogP contribution in [0, 0.1) is 5.92 Å². The molecule has 16 heavy (non-hydrogen) atoms. The average Bonchev–Trinajstić information content (AvgIpc) is 2.77. The molecular formula is C11H20N2O3. The van der Waals surface area contributed by atoms with Crippen molar-refractivity contribution >= 4 is 12.0 Å². The van der Waals surface area contributed by atoms with Gasteiger partial charge in [-0.1, -0.05) is 20.3 Å². The number of aliphatic carboxylic acids is 1. The minimum absolute atomic E-state index is 0.0518. The minimum Gasteiger partial charge on any atom is -0.480 e. The summed E-state index contributed by atoms with van der Waals surface area (Å²) in [5.74, 6) is -1.01. The normalized spacial score (nSPS) is 19.2. The second-order valence-electron chi connectivity index (χ2n) is 4.35. The highest BCUT2D eigenvalue weighted by Crippen LogP contribution is 2.11. The lowest BCUT2D eigenvalue weighted by atomic mass is 9.99. The largest absolute Gasteiger partial charge is 0.480 e.